The first-order valence-electron chi connectivity index (χ1n) is 13.5. The molecule has 1 saturated heterocycles. The topological polar surface area (TPSA) is 208 Å². The van der Waals surface area contributed by atoms with Gasteiger partial charge in [0.25, 0.3) is 0 Å². The predicted octanol–water partition coefficient (Wildman–Crippen LogP) is 0.171. The van der Waals surface area contributed by atoms with Crippen molar-refractivity contribution in [2.45, 2.75) is 127 Å². The minimum absolute atomic E-state index is 0.0285. The van der Waals surface area contributed by atoms with E-state index in [0.29, 0.717) is 18.4 Å². The number of ether oxygens (including phenoxy) is 1. The summed E-state index contributed by atoms with van der Waals surface area (Å²) in [6.07, 6.45) is -5.57. The Labute approximate surface area is 230 Å². The smallest absolute Gasteiger partial charge is 0.306 e. The highest BCUT2D eigenvalue weighted by molar-refractivity contribution is 5.67. The average Bonchev–Trinajstić information content (AvgIpc) is 2.84. The lowest BCUT2D eigenvalue weighted by molar-refractivity contribution is -0.229. The molecule has 0 aromatic rings. The fourth-order valence-corrected chi connectivity index (χ4v) is 4.81. The number of allylic oxidation sites excluding steroid dienone is 5. The zero-order chi connectivity index (χ0) is 29.9. The van der Waals surface area contributed by atoms with Gasteiger partial charge in [-0.1, -0.05) is 42.4 Å². The molecule has 0 aliphatic carbocycles. The lowest BCUT2D eigenvalue weighted by atomic mass is 9.87. The number of hydrogen-bond donors (Lipinski definition) is 9. The Morgan fingerprint density at radius 1 is 0.897 bits per heavy atom. The quantitative estimate of drug-likeness (QED) is 0.0918. The van der Waals surface area contributed by atoms with Gasteiger partial charge in [-0.25, -0.2) is 0 Å². The number of carboxylic acids is 1. The SMILES string of the molecule is C/C=C/C(C)=C/CC[C@@H](O)[C@H](O)C[C@H]1O[C@@H](C/C(C)=C/[C@@H](C)C[C@H](O)[C@@H](O)[C@H](O)CC(=O)O)[C@@H](O)[C@H](O)[C@@H]1O. The Morgan fingerprint density at radius 2 is 1.51 bits per heavy atom. The first kappa shape index (κ1) is 35.4. The van der Waals surface area contributed by atoms with Crippen LogP contribution in [0.5, 0.6) is 0 Å². The first-order chi connectivity index (χ1) is 18.2. The van der Waals surface area contributed by atoms with E-state index in [0.717, 1.165) is 5.57 Å². The van der Waals surface area contributed by atoms with Crippen molar-refractivity contribution in [2.75, 3.05) is 0 Å². The van der Waals surface area contributed by atoms with E-state index in [1.807, 2.05) is 32.1 Å². The lowest BCUT2D eigenvalue weighted by Gasteiger charge is -2.42. The van der Waals surface area contributed by atoms with Crippen LogP contribution in [-0.2, 0) is 9.53 Å². The third kappa shape index (κ3) is 12.2. The van der Waals surface area contributed by atoms with Crippen LogP contribution in [0.2, 0.25) is 0 Å². The number of hydrogen-bond acceptors (Lipinski definition) is 10. The second-order valence-corrected chi connectivity index (χ2v) is 10.7. The van der Waals surface area contributed by atoms with E-state index in [-0.39, 0.29) is 25.2 Å². The van der Waals surface area contributed by atoms with E-state index in [1.165, 1.54) is 0 Å². The number of aliphatic hydroxyl groups is 8. The van der Waals surface area contributed by atoms with Crippen molar-refractivity contribution in [1.29, 1.82) is 0 Å². The Bertz CT molecular complexity index is 826. The molecule has 39 heavy (non-hydrogen) atoms. The standard InChI is InChI=1S/C28H48O11/c1-5-7-15(2)8-6-9-18(29)19(30)13-23-27(37)28(38)26(36)22(39-23)12-17(4)10-16(3)11-20(31)25(35)21(32)14-24(33)34/h5,7-8,10,16,18-23,25-32,35-38H,6,9,11-14H2,1-4H3,(H,33,34)/b7-5+,15-8+,17-10+/t16-,18-,19-,20+,21-,22+,23-,25-,26-,27-,28+/m1/s1. The number of aliphatic carboxylic acids is 1. The van der Waals surface area contributed by atoms with E-state index in [1.54, 1.807) is 19.9 Å². The Hall–Kier alpha value is -1.67. The van der Waals surface area contributed by atoms with Crippen LogP contribution in [0.15, 0.2) is 35.5 Å². The predicted molar refractivity (Wildman–Crippen MR) is 144 cm³/mol. The van der Waals surface area contributed by atoms with Gasteiger partial charge in [-0.05, 0) is 52.4 Å². The zero-order valence-corrected chi connectivity index (χ0v) is 23.2. The van der Waals surface area contributed by atoms with Gasteiger partial charge < -0.3 is 50.7 Å². The van der Waals surface area contributed by atoms with Gasteiger partial charge >= 0.3 is 5.97 Å². The van der Waals surface area contributed by atoms with Crippen molar-refractivity contribution < 1.29 is 55.5 Å². The highest BCUT2D eigenvalue weighted by Crippen LogP contribution is 2.29. The van der Waals surface area contributed by atoms with Crippen molar-refractivity contribution in [3.63, 3.8) is 0 Å². The summed E-state index contributed by atoms with van der Waals surface area (Å²) in [6, 6.07) is 0. The third-order valence-corrected chi connectivity index (χ3v) is 6.97. The van der Waals surface area contributed by atoms with E-state index < -0.39 is 73.4 Å². The molecule has 11 heteroatoms. The van der Waals surface area contributed by atoms with Crippen LogP contribution in [0.3, 0.4) is 0 Å². The highest BCUT2D eigenvalue weighted by Gasteiger charge is 2.44. The molecule has 1 heterocycles. The molecule has 0 unspecified atom stereocenters. The zero-order valence-electron chi connectivity index (χ0n) is 23.2. The van der Waals surface area contributed by atoms with Crippen molar-refractivity contribution in [3.8, 4) is 0 Å². The lowest BCUT2D eigenvalue weighted by Crippen LogP contribution is -2.58. The molecule has 0 amide bonds. The molecule has 1 rings (SSSR count). The normalized spacial score (nSPS) is 29.6. The van der Waals surface area contributed by atoms with Gasteiger partial charge in [0.05, 0.1) is 43.0 Å². The van der Waals surface area contributed by atoms with Gasteiger partial charge in [0.1, 0.15) is 24.4 Å². The molecule has 1 aliphatic rings. The van der Waals surface area contributed by atoms with Crippen LogP contribution in [-0.4, -0.2) is 113 Å². The van der Waals surface area contributed by atoms with Gasteiger partial charge in [0.15, 0.2) is 0 Å². The molecular weight excluding hydrogens is 512 g/mol. The minimum Gasteiger partial charge on any atom is -0.481 e. The molecule has 1 aliphatic heterocycles. The number of carboxylic acid groups (broad SMARTS) is 1. The van der Waals surface area contributed by atoms with Crippen LogP contribution in [0, 0.1) is 5.92 Å². The molecular formula is C28H48O11. The summed E-state index contributed by atoms with van der Waals surface area (Å²) >= 11 is 0. The largest absolute Gasteiger partial charge is 0.481 e. The molecule has 0 saturated carbocycles. The Balaban J connectivity index is 2.74. The van der Waals surface area contributed by atoms with Gasteiger partial charge in [-0.15, -0.1) is 0 Å². The molecule has 11 atom stereocenters. The van der Waals surface area contributed by atoms with Gasteiger partial charge in [0, 0.05) is 6.42 Å². The van der Waals surface area contributed by atoms with Crippen molar-refractivity contribution >= 4 is 5.97 Å². The van der Waals surface area contributed by atoms with Crippen LogP contribution < -0.4 is 0 Å². The van der Waals surface area contributed by atoms with E-state index in [2.05, 4.69) is 0 Å². The Morgan fingerprint density at radius 3 is 2.10 bits per heavy atom. The van der Waals surface area contributed by atoms with Gasteiger partial charge in [-0.2, -0.15) is 0 Å². The fourth-order valence-electron chi connectivity index (χ4n) is 4.81. The second-order valence-electron chi connectivity index (χ2n) is 10.7. The maximum atomic E-state index is 10.7. The van der Waals surface area contributed by atoms with Gasteiger partial charge in [-0.3, -0.25) is 4.79 Å². The average molecular weight is 561 g/mol. The number of carbonyl (C=O) groups is 1. The van der Waals surface area contributed by atoms with E-state index >= 15 is 0 Å². The maximum absolute atomic E-state index is 10.7. The molecule has 0 aromatic heterocycles. The third-order valence-electron chi connectivity index (χ3n) is 6.97. The maximum Gasteiger partial charge on any atom is 0.306 e. The van der Waals surface area contributed by atoms with E-state index in [4.69, 9.17) is 9.84 Å². The Kier molecular flexibility index (Phi) is 15.6. The van der Waals surface area contributed by atoms with Crippen molar-refractivity contribution in [1.82, 2.24) is 0 Å². The van der Waals surface area contributed by atoms with E-state index in [9.17, 15) is 45.6 Å². The van der Waals surface area contributed by atoms with Crippen molar-refractivity contribution in [2.24, 2.45) is 5.92 Å². The summed E-state index contributed by atoms with van der Waals surface area (Å²) in [6.45, 7) is 7.31. The van der Waals surface area contributed by atoms with Crippen LogP contribution in [0.4, 0.5) is 0 Å². The number of rotatable bonds is 16. The summed E-state index contributed by atoms with van der Waals surface area (Å²) in [5.74, 6) is -1.61. The second kappa shape index (κ2) is 17.2. The number of aliphatic hydroxyl groups excluding tert-OH is 8. The summed E-state index contributed by atoms with van der Waals surface area (Å²) in [7, 11) is 0. The van der Waals surface area contributed by atoms with Crippen LogP contribution in [0.25, 0.3) is 0 Å². The molecule has 0 aromatic carbocycles. The first-order valence-corrected chi connectivity index (χ1v) is 13.5. The summed E-state index contributed by atoms with van der Waals surface area (Å²) < 4.78 is 5.85. The fraction of sp³-hybridized carbons (Fsp3) is 0.750. The molecule has 0 radical (unpaired) electrons. The summed E-state index contributed by atoms with van der Waals surface area (Å²) in [5.41, 5.74) is 1.75. The van der Waals surface area contributed by atoms with Crippen molar-refractivity contribution in [3.05, 3.63) is 35.5 Å². The summed E-state index contributed by atoms with van der Waals surface area (Å²) in [4.78, 5) is 10.7. The molecule has 9 N–H and O–H groups in total. The molecule has 0 bridgehead atoms. The van der Waals surface area contributed by atoms with Crippen LogP contribution in [0.1, 0.15) is 66.2 Å². The highest BCUT2D eigenvalue weighted by atomic mass is 16.5. The molecule has 0 spiro atoms. The molecule has 11 nitrogen and oxygen atoms in total. The summed E-state index contributed by atoms with van der Waals surface area (Å²) in [5, 5.41) is 90.7. The monoisotopic (exact) mass is 560 g/mol. The van der Waals surface area contributed by atoms with Gasteiger partial charge in [0.2, 0.25) is 0 Å². The molecule has 1 fully saturated rings. The molecule has 226 valence electrons. The minimum atomic E-state index is -1.63. The van der Waals surface area contributed by atoms with Crippen LogP contribution >= 0.6 is 0 Å².